The van der Waals surface area contributed by atoms with Crippen molar-refractivity contribution in [2.75, 3.05) is 39.0 Å². The van der Waals surface area contributed by atoms with Crippen molar-refractivity contribution in [2.45, 2.75) is 37.4 Å². The maximum Gasteiger partial charge on any atom is 0.268 e. The lowest BCUT2D eigenvalue weighted by molar-refractivity contribution is 0.242. The molecule has 0 bridgehead atoms. The number of likely N-dealkylation sites (N-methyl/N-ethyl adjacent to an activating group) is 1. The maximum absolute atomic E-state index is 13.9. The second-order valence-corrected chi connectivity index (χ2v) is 11.7. The van der Waals surface area contributed by atoms with Gasteiger partial charge in [-0.2, -0.15) is 0 Å². The van der Waals surface area contributed by atoms with Crippen molar-refractivity contribution >= 4 is 50.7 Å². The summed E-state index contributed by atoms with van der Waals surface area (Å²) >= 11 is 9.59. The number of rotatable bonds is 5. The highest BCUT2D eigenvalue weighted by Crippen LogP contribution is 2.35. The lowest BCUT2D eigenvalue weighted by atomic mass is 10.1. The van der Waals surface area contributed by atoms with Crippen LogP contribution in [-0.4, -0.2) is 67.9 Å². The van der Waals surface area contributed by atoms with Gasteiger partial charge in [0.05, 0.1) is 11.1 Å². The Morgan fingerprint density at radius 3 is 2.68 bits per heavy atom. The number of nitrogens with zero attached hydrogens (tertiary/aromatic N) is 6. The Kier molecular flexibility index (Phi) is 6.15. The van der Waals surface area contributed by atoms with Gasteiger partial charge < -0.3 is 9.80 Å². The molecule has 178 valence electrons. The van der Waals surface area contributed by atoms with Gasteiger partial charge in [-0.05, 0) is 69.2 Å². The molecule has 7 nitrogen and oxygen atoms in total. The highest BCUT2D eigenvalue weighted by atomic mass is 35.5. The molecule has 0 aliphatic carbocycles. The van der Waals surface area contributed by atoms with E-state index in [-0.39, 0.29) is 5.56 Å². The van der Waals surface area contributed by atoms with Crippen molar-refractivity contribution in [1.29, 1.82) is 0 Å². The minimum atomic E-state index is -0.0239. The SMILES string of the molecule is CN1CCc2c(sc3c2c(=O)n(-c2ccc(Cl)cc2)c2nnc(SCCN4CCCCC4)n32)C1. The van der Waals surface area contributed by atoms with Crippen LogP contribution in [0.3, 0.4) is 0 Å². The zero-order valence-corrected chi connectivity index (χ0v) is 21.6. The molecule has 0 N–H and O–H groups in total. The monoisotopic (exact) mass is 514 g/mol. The number of piperidine rings is 1. The number of fused-ring (bicyclic) bond motifs is 5. The van der Waals surface area contributed by atoms with E-state index in [9.17, 15) is 4.79 Å². The molecule has 3 aromatic heterocycles. The lowest BCUT2D eigenvalue weighted by Gasteiger charge is -2.25. The second kappa shape index (κ2) is 9.28. The Labute approximate surface area is 211 Å². The average molecular weight is 515 g/mol. The number of benzene rings is 1. The molecule has 2 aliphatic heterocycles. The number of aromatic nitrogens is 4. The number of thiophene rings is 1. The first kappa shape index (κ1) is 22.5. The molecule has 0 unspecified atom stereocenters. The summed E-state index contributed by atoms with van der Waals surface area (Å²) in [5, 5.41) is 11.4. The summed E-state index contributed by atoms with van der Waals surface area (Å²) in [4.78, 5) is 21.0. The van der Waals surface area contributed by atoms with Gasteiger partial charge in [0.1, 0.15) is 4.83 Å². The van der Waals surface area contributed by atoms with E-state index in [1.807, 2.05) is 24.3 Å². The molecular formula is C24H27ClN6OS2. The second-order valence-electron chi connectivity index (χ2n) is 9.16. The summed E-state index contributed by atoms with van der Waals surface area (Å²) in [6, 6.07) is 7.37. The summed E-state index contributed by atoms with van der Waals surface area (Å²) < 4.78 is 3.81. The minimum Gasteiger partial charge on any atom is -0.303 e. The lowest BCUT2D eigenvalue weighted by Crippen LogP contribution is -2.31. The van der Waals surface area contributed by atoms with Crippen LogP contribution < -0.4 is 5.56 Å². The zero-order chi connectivity index (χ0) is 23.2. The van der Waals surface area contributed by atoms with E-state index in [0.29, 0.717) is 10.8 Å². The Balaban J connectivity index is 1.49. The van der Waals surface area contributed by atoms with Crippen LogP contribution in [0.4, 0.5) is 0 Å². The van der Waals surface area contributed by atoms with Crippen LogP contribution in [0.25, 0.3) is 21.7 Å². The van der Waals surface area contributed by atoms with E-state index < -0.39 is 0 Å². The highest BCUT2D eigenvalue weighted by Gasteiger charge is 2.26. The fourth-order valence-electron chi connectivity index (χ4n) is 5.05. The fraction of sp³-hybridized carbons (Fsp3) is 0.458. The molecule has 1 fully saturated rings. The maximum atomic E-state index is 13.9. The van der Waals surface area contributed by atoms with E-state index in [4.69, 9.17) is 11.6 Å². The van der Waals surface area contributed by atoms with Gasteiger partial charge in [0, 0.05) is 35.3 Å². The first-order chi connectivity index (χ1) is 16.6. The van der Waals surface area contributed by atoms with Crippen LogP contribution in [0.1, 0.15) is 29.7 Å². The van der Waals surface area contributed by atoms with E-state index in [1.165, 1.54) is 42.8 Å². The van der Waals surface area contributed by atoms with Gasteiger partial charge in [-0.3, -0.25) is 4.79 Å². The fourth-order valence-corrected chi connectivity index (χ4v) is 7.58. The molecule has 2 aliphatic rings. The molecule has 0 radical (unpaired) electrons. The number of thioether (sulfide) groups is 1. The van der Waals surface area contributed by atoms with Gasteiger partial charge in [0.15, 0.2) is 5.16 Å². The largest absolute Gasteiger partial charge is 0.303 e. The highest BCUT2D eigenvalue weighted by molar-refractivity contribution is 7.99. The zero-order valence-electron chi connectivity index (χ0n) is 19.2. The van der Waals surface area contributed by atoms with Gasteiger partial charge in [0.25, 0.3) is 5.56 Å². The average Bonchev–Trinajstić information content (AvgIpc) is 3.42. The van der Waals surface area contributed by atoms with Crippen molar-refractivity contribution in [2.24, 2.45) is 0 Å². The predicted molar refractivity (Wildman–Crippen MR) is 140 cm³/mol. The van der Waals surface area contributed by atoms with Crippen molar-refractivity contribution in [3.8, 4) is 5.69 Å². The molecule has 0 atom stereocenters. The standard InChI is InChI=1S/C24H27ClN6OS2/c1-28-12-9-18-19(15-28)34-22-20(18)21(32)30(17-7-5-16(25)6-8-17)23-26-27-24(31(22)23)33-14-13-29-10-3-2-4-11-29/h5-8H,2-4,9-15H2,1H3. The van der Waals surface area contributed by atoms with Crippen molar-refractivity contribution in [3.05, 3.63) is 50.1 Å². The number of likely N-dealkylation sites (tertiary alicyclic amines) is 1. The van der Waals surface area contributed by atoms with E-state index in [2.05, 4.69) is 31.4 Å². The van der Waals surface area contributed by atoms with Crippen LogP contribution >= 0.6 is 34.7 Å². The smallest absolute Gasteiger partial charge is 0.268 e. The topological polar surface area (TPSA) is 58.7 Å². The van der Waals surface area contributed by atoms with Crippen LogP contribution in [-0.2, 0) is 13.0 Å². The Morgan fingerprint density at radius 2 is 1.88 bits per heavy atom. The molecule has 0 amide bonds. The summed E-state index contributed by atoms with van der Waals surface area (Å²) in [5.74, 6) is 1.52. The quantitative estimate of drug-likeness (QED) is 0.370. The molecule has 10 heteroatoms. The predicted octanol–water partition coefficient (Wildman–Crippen LogP) is 4.31. The normalized spacial score (nSPS) is 17.6. The molecule has 0 spiro atoms. The summed E-state index contributed by atoms with van der Waals surface area (Å²) in [5.41, 5.74) is 1.92. The summed E-state index contributed by atoms with van der Waals surface area (Å²) in [7, 11) is 2.13. The summed E-state index contributed by atoms with van der Waals surface area (Å²) in [6.07, 6.45) is 4.81. The molecule has 0 saturated carbocycles. The molecule has 1 aromatic carbocycles. The molecule has 4 aromatic rings. The minimum absolute atomic E-state index is 0.0239. The van der Waals surface area contributed by atoms with Crippen LogP contribution in [0.15, 0.2) is 34.2 Å². The Bertz CT molecular complexity index is 1400. The van der Waals surface area contributed by atoms with Crippen LogP contribution in [0.2, 0.25) is 5.02 Å². The van der Waals surface area contributed by atoms with E-state index in [1.54, 1.807) is 27.7 Å². The van der Waals surface area contributed by atoms with Gasteiger partial charge in [-0.15, -0.1) is 21.5 Å². The molecule has 5 heterocycles. The van der Waals surface area contributed by atoms with Crippen molar-refractivity contribution in [1.82, 2.24) is 29.0 Å². The van der Waals surface area contributed by atoms with Gasteiger partial charge in [0.2, 0.25) is 5.78 Å². The summed E-state index contributed by atoms with van der Waals surface area (Å²) in [6.45, 7) is 5.25. The van der Waals surface area contributed by atoms with Crippen LogP contribution in [0, 0.1) is 0 Å². The first-order valence-corrected chi connectivity index (χ1v) is 14.0. The number of hydrogen-bond donors (Lipinski definition) is 0. The van der Waals surface area contributed by atoms with E-state index in [0.717, 1.165) is 52.9 Å². The Morgan fingerprint density at radius 1 is 1.09 bits per heavy atom. The van der Waals surface area contributed by atoms with Gasteiger partial charge in [-0.25, -0.2) is 8.97 Å². The third kappa shape index (κ3) is 3.97. The molecule has 34 heavy (non-hydrogen) atoms. The van der Waals surface area contributed by atoms with Gasteiger partial charge in [-0.1, -0.05) is 29.8 Å². The third-order valence-electron chi connectivity index (χ3n) is 6.84. The van der Waals surface area contributed by atoms with Crippen molar-refractivity contribution < 1.29 is 0 Å². The van der Waals surface area contributed by atoms with Crippen LogP contribution in [0.5, 0.6) is 0 Å². The third-order valence-corrected chi connectivity index (χ3v) is 9.20. The number of halogens is 1. The molecule has 1 saturated heterocycles. The molecule has 6 rings (SSSR count). The first-order valence-electron chi connectivity index (χ1n) is 11.8. The number of hydrogen-bond acceptors (Lipinski definition) is 7. The van der Waals surface area contributed by atoms with Crippen molar-refractivity contribution in [3.63, 3.8) is 0 Å². The van der Waals surface area contributed by atoms with Gasteiger partial charge >= 0.3 is 0 Å². The molecular weight excluding hydrogens is 488 g/mol. The van der Waals surface area contributed by atoms with E-state index >= 15 is 0 Å². The Hall–Kier alpha value is -1.91.